The van der Waals surface area contributed by atoms with E-state index in [9.17, 15) is 9.59 Å². The highest BCUT2D eigenvalue weighted by Crippen LogP contribution is 2.22. The molecule has 0 spiro atoms. The van der Waals surface area contributed by atoms with E-state index >= 15 is 0 Å². The summed E-state index contributed by atoms with van der Waals surface area (Å²) in [6.07, 6.45) is 4.80. The Morgan fingerprint density at radius 2 is 1.64 bits per heavy atom. The molecule has 188 valence electrons. The van der Waals surface area contributed by atoms with E-state index in [4.69, 9.17) is 16.3 Å². The summed E-state index contributed by atoms with van der Waals surface area (Å²) in [7, 11) is 1.62. The third-order valence-electron chi connectivity index (χ3n) is 6.70. The lowest BCUT2D eigenvalue weighted by Crippen LogP contribution is -2.52. The van der Waals surface area contributed by atoms with Crippen molar-refractivity contribution >= 4 is 23.4 Å². The van der Waals surface area contributed by atoms with Gasteiger partial charge in [-0.1, -0.05) is 79.0 Å². The van der Waals surface area contributed by atoms with Crippen LogP contribution in [0, 0.1) is 0 Å². The quantitative estimate of drug-likeness (QED) is 0.391. The molecule has 36 heavy (non-hydrogen) atoms. The summed E-state index contributed by atoms with van der Waals surface area (Å²) >= 11 is 6.18. The predicted octanol–water partition coefficient (Wildman–Crippen LogP) is 5.59. The summed E-state index contributed by atoms with van der Waals surface area (Å²) in [6, 6.07) is 24.3. The number of carbonyl (C=O) groups is 2. The third-order valence-corrected chi connectivity index (χ3v) is 6.94. The summed E-state index contributed by atoms with van der Waals surface area (Å²) in [5, 5.41) is 3.82. The van der Waals surface area contributed by atoms with Crippen LogP contribution in [-0.2, 0) is 29.0 Å². The molecular formula is C30H33ClN2O3. The van der Waals surface area contributed by atoms with E-state index in [-0.39, 0.29) is 24.3 Å². The summed E-state index contributed by atoms with van der Waals surface area (Å²) in [5.41, 5.74) is 2.73. The first kappa shape index (κ1) is 25.8. The highest BCUT2D eigenvalue weighted by atomic mass is 35.5. The predicted molar refractivity (Wildman–Crippen MR) is 143 cm³/mol. The Hall–Kier alpha value is -3.31. The van der Waals surface area contributed by atoms with Crippen molar-refractivity contribution in [3.8, 4) is 5.75 Å². The first-order valence-corrected chi connectivity index (χ1v) is 12.9. The van der Waals surface area contributed by atoms with Crippen molar-refractivity contribution in [1.29, 1.82) is 0 Å². The van der Waals surface area contributed by atoms with Crippen LogP contribution < -0.4 is 10.1 Å². The molecule has 0 saturated heterocycles. The first-order valence-electron chi connectivity index (χ1n) is 12.5. The summed E-state index contributed by atoms with van der Waals surface area (Å²) in [5.74, 6) is 0.487. The number of hydrogen-bond acceptors (Lipinski definition) is 3. The molecule has 3 aromatic rings. The lowest BCUT2D eigenvalue weighted by Gasteiger charge is -2.32. The number of amides is 2. The molecule has 0 radical (unpaired) electrons. The van der Waals surface area contributed by atoms with Crippen LogP contribution in [0.1, 0.15) is 42.4 Å². The molecule has 1 aliphatic carbocycles. The fraction of sp³-hybridized carbons (Fsp3) is 0.333. The number of hydrogen-bond donors (Lipinski definition) is 1. The van der Waals surface area contributed by atoms with Crippen molar-refractivity contribution < 1.29 is 14.3 Å². The number of benzene rings is 3. The maximum absolute atomic E-state index is 13.8. The minimum absolute atomic E-state index is 0.104. The zero-order valence-electron chi connectivity index (χ0n) is 20.7. The molecule has 4 rings (SSSR count). The van der Waals surface area contributed by atoms with Gasteiger partial charge in [0.25, 0.3) is 0 Å². The van der Waals surface area contributed by atoms with Gasteiger partial charge in [0, 0.05) is 24.0 Å². The third kappa shape index (κ3) is 7.11. The zero-order valence-corrected chi connectivity index (χ0v) is 21.4. The van der Waals surface area contributed by atoms with Crippen molar-refractivity contribution in [3.63, 3.8) is 0 Å². The van der Waals surface area contributed by atoms with Gasteiger partial charge in [-0.05, 0) is 53.8 Å². The first-order chi connectivity index (χ1) is 17.5. The second kappa shape index (κ2) is 12.6. The molecule has 0 aliphatic heterocycles. The van der Waals surface area contributed by atoms with Crippen LogP contribution in [0.25, 0.3) is 0 Å². The molecule has 1 fully saturated rings. The van der Waals surface area contributed by atoms with Crippen LogP contribution in [0.15, 0.2) is 78.9 Å². The van der Waals surface area contributed by atoms with Crippen LogP contribution in [0.5, 0.6) is 5.75 Å². The van der Waals surface area contributed by atoms with E-state index in [0.29, 0.717) is 23.7 Å². The maximum Gasteiger partial charge on any atom is 0.243 e. The Labute approximate surface area is 218 Å². The van der Waals surface area contributed by atoms with Crippen molar-refractivity contribution in [3.05, 3.63) is 101 Å². The summed E-state index contributed by atoms with van der Waals surface area (Å²) in [4.78, 5) is 29.3. The monoisotopic (exact) mass is 504 g/mol. The Kier molecular flexibility index (Phi) is 9.01. The van der Waals surface area contributed by atoms with E-state index in [1.54, 1.807) is 24.1 Å². The van der Waals surface area contributed by atoms with E-state index in [2.05, 4.69) is 5.32 Å². The van der Waals surface area contributed by atoms with Gasteiger partial charge >= 0.3 is 0 Å². The molecule has 2 amide bonds. The molecule has 3 aromatic carbocycles. The zero-order chi connectivity index (χ0) is 25.3. The number of ether oxygens (including phenoxy) is 1. The van der Waals surface area contributed by atoms with Gasteiger partial charge < -0.3 is 15.0 Å². The highest BCUT2D eigenvalue weighted by Gasteiger charge is 2.32. The normalized spacial score (nSPS) is 14.3. The second-order valence-electron chi connectivity index (χ2n) is 9.38. The number of nitrogens with one attached hydrogen (secondary N) is 1. The average Bonchev–Trinajstić information content (AvgIpc) is 3.40. The Morgan fingerprint density at radius 3 is 2.36 bits per heavy atom. The van der Waals surface area contributed by atoms with Gasteiger partial charge in [-0.2, -0.15) is 0 Å². The molecule has 1 aliphatic rings. The fourth-order valence-electron chi connectivity index (χ4n) is 4.81. The molecule has 0 bridgehead atoms. The van der Waals surface area contributed by atoms with Crippen LogP contribution in [0.2, 0.25) is 5.02 Å². The Morgan fingerprint density at radius 1 is 0.944 bits per heavy atom. The second-order valence-corrected chi connectivity index (χ2v) is 9.81. The van der Waals surface area contributed by atoms with Gasteiger partial charge in [0.2, 0.25) is 11.8 Å². The molecule has 1 atom stereocenters. The molecule has 1 N–H and O–H groups in total. The molecule has 0 unspecified atom stereocenters. The number of nitrogens with zero attached hydrogens (tertiary/aromatic N) is 1. The number of rotatable bonds is 10. The molecule has 0 heterocycles. The van der Waals surface area contributed by atoms with Crippen LogP contribution in [-0.4, -0.2) is 35.9 Å². The van der Waals surface area contributed by atoms with Crippen LogP contribution >= 0.6 is 11.6 Å². The average molecular weight is 505 g/mol. The van der Waals surface area contributed by atoms with Gasteiger partial charge in [-0.15, -0.1) is 0 Å². The van der Waals surface area contributed by atoms with Gasteiger partial charge in [0.1, 0.15) is 11.8 Å². The van der Waals surface area contributed by atoms with Crippen LogP contribution in [0.4, 0.5) is 0 Å². The number of halogens is 1. The largest absolute Gasteiger partial charge is 0.497 e. The molecule has 1 saturated carbocycles. The standard InChI is InChI=1S/C30H33ClN2O3/c1-36-27-16-8-12-24(18-27)21-33(29(34)20-23-11-7-13-25(31)17-23)28(19-22-9-3-2-4-10-22)30(35)32-26-14-5-6-15-26/h2-4,7-13,16-18,26,28H,5-6,14-15,19-21H2,1H3,(H,32,35)/t28-/m0/s1. The molecular weight excluding hydrogens is 472 g/mol. The van der Waals surface area contributed by atoms with Crippen molar-refractivity contribution in [1.82, 2.24) is 10.2 Å². The minimum atomic E-state index is -0.647. The van der Waals surface area contributed by atoms with Crippen LogP contribution in [0.3, 0.4) is 0 Å². The maximum atomic E-state index is 13.8. The van der Waals surface area contributed by atoms with Crippen molar-refractivity contribution in [2.24, 2.45) is 0 Å². The van der Waals surface area contributed by atoms with Gasteiger partial charge in [0.05, 0.1) is 13.5 Å². The molecule has 6 heteroatoms. The highest BCUT2D eigenvalue weighted by molar-refractivity contribution is 6.30. The lowest BCUT2D eigenvalue weighted by molar-refractivity contribution is -0.141. The number of methoxy groups -OCH3 is 1. The smallest absolute Gasteiger partial charge is 0.243 e. The topological polar surface area (TPSA) is 58.6 Å². The Balaban J connectivity index is 1.67. The minimum Gasteiger partial charge on any atom is -0.497 e. The lowest BCUT2D eigenvalue weighted by atomic mass is 10.0. The van der Waals surface area contributed by atoms with Crippen molar-refractivity contribution in [2.45, 2.75) is 57.2 Å². The van der Waals surface area contributed by atoms with Crippen molar-refractivity contribution in [2.75, 3.05) is 7.11 Å². The van der Waals surface area contributed by atoms with Gasteiger partial charge in [0.15, 0.2) is 0 Å². The number of carbonyl (C=O) groups excluding carboxylic acids is 2. The molecule has 5 nitrogen and oxygen atoms in total. The fourth-order valence-corrected chi connectivity index (χ4v) is 5.02. The summed E-state index contributed by atoms with van der Waals surface area (Å²) < 4.78 is 5.40. The molecule has 0 aromatic heterocycles. The van der Waals surface area contributed by atoms with Gasteiger partial charge in [-0.25, -0.2) is 0 Å². The van der Waals surface area contributed by atoms with E-state index < -0.39 is 6.04 Å². The summed E-state index contributed by atoms with van der Waals surface area (Å²) in [6.45, 7) is 0.298. The van der Waals surface area contributed by atoms with E-state index in [1.165, 1.54) is 0 Å². The van der Waals surface area contributed by atoms with Gasteiger partial charge in [-0.3, -0.25) is 9.59 Å². The Bertz CT molecular complexity index is 1160. The van der Waals surface area contributed by atoms with E-state index in [0.717, 1.165) is 42.4 Å². The SMILES string of the molecule is COc1cccc(CN(C(=O)Cc2cccc(Cl)c2)[C@@H](Cc2ccccc2)C(=O)NC2CCCC2)c1. The van der Waals surface area contributed by atoms with E-state index in [1.807, 2.05) is 66.7 Å².